The molecular weight excluding hydrogens is 388 g/mol. The normalized spacial score (nSPS) is 16.9. The summed E-state index contributed by atoms with van der Waals surface area (Å²) in [6, 6.07) is 12.4. The largest absolute Gasteiger partial charge is 0.469 e. The standard InChI is InChI=1S/C20H24N6O2S/c1-14-17(8-10-28-14)19-23-24-20(26(19)21)29-13-18(27)22-16-7-9-25(12-16)11-15-5-3-2-4-6-15/h2-6,8,10,16H,7,9,11-13,21H2,1H3,(H,22,27). The first-order valence-electron chi connectivity index (χ1n) is 9.53. The van der Waals surface area contributed by atoms with Gasteiger partial charge in [-0.2, -0.15) is 0 Å². The van der Waals surface area contributed by atoms with Crippen molar-refractivity contribution in [3.05, 3.63) is 54.0 Å². The Labute approximate surface area is 173 Å². The Kier molecular flexibility index (Phi) is 5.86. The van der Waals surface area contributed by atoms with Crippen LogP contribution in [0.25, 0.3) is 11.4 Å². The zero-order valence-electron chi connectivity index (χ0n) is 16.2. The summed E-state index contributed by atoms with van der Waals surface area (Å²) in [7, 11) is 0. The van der Waals surface area contributed by atoms with Crippen LogP contribution in [0.1, 0.15) is 17.7 Å². The summed E-state index contributed by atoms with van der Waals surface area (Å²) in [4.78, 5) is 14.7. The van der Waals surface area contributed by atoms with Crippen molar-refractivity contribution in [1.29, 1.82) is 0 Å². The van der Waals surface area contributed by atoms with Gasteiger partial charge in [-0.3, -0.25) is 9.69 Å². The molecular formula is C20H24N6O2S. The third kappa shape index (κ3) is 4.63. The molecule has 0 aliphatic carbocycles. The van der Waals surface area contributed by atoms with Crippen LogP contribution in [0.15, 0.2) is 52.2 Å². The van der Waals surface area contributed by atoms with Crippen molar-refractivity contribution in [2.75, 3.05) is 24.7 Å². The fourth-order valence-corrected chi connectivity index (χ4v) is 4.18. The average Bonchev–Trinajstić information content (AvgIpc) is 3.42. The number of nitrogen functional groups attached to an aromatic ring is 1. The quantitative estimate of drug-likeness (QED) is 0.452. The molecule has 1 aliphatic rings. The number of nitrogens with two attached hydrogens (primary N) is 1. The van der Waals surface area contributed by atoms with E-state index in [1.165, 1.54) is 22.0 Å². The molecule has 1 saturated heterocycles. The molecule has 3 N–H and O–H groups in total. The number of benzene rings is 1. The van der Waals surface area contributed by atoms with Crippen LogP contribution in [0.2, 0.25) is 0 Å². The number of amides is 1. The number of likely N-dealkylation sites (tertiary alicyclic amines) is 1. The molecule has 1 unspecified atom stereocenters. The summed E-state index contributed by atoms with van der Waals surface area (Å²) >= 11 is 1.27. The van der Waals surface area contributed by atoms with Gasteiger partial charge in [-0.1, -0.05) is 42.1 Å². The number of aromatic nitrogens is 3. The molecule has 0 spiro atoms. The summed E-state index contributed by atoms with van der Waals surface area (Å²) in [6.45, 7) is 4.60. The van der Waals surface area contributed by atoms with E-state index in [0.717, 1.165) is 37.4 Å². The smallest absolute Gasteiger partial charge is 0.230 e. The van der Waals surface area contributed by atoms with Crippen LogP contribution in [-0.4, -0.2) is 50.6 Å². The number of carbonyl (C=O) groups is 1. The number of nitrogens with zero attached hydrogens (tertiary/aromatic N) is 4. The molecule has 9 heteroatoms. The molecule has 1 fully saturated rings. The molecule has 0 bridgehead atoms. The van der Waals surface area contributed by atoms with Crippen LogP contribution in [-0.2, 0) is 11.3 Å². The number of nitrogens with one attached hydrogen (secondary N) is 1. The van der Waals surface area contributed by atoms with Crippen molar-refractivity contribution >= 4 is 17.7 Å². The number of hydrogen-bond donors (Lipinski definition) is 2. The Morgan fingerprint density at radius 2 is 2.14 bits per heavy atom. The highest BCUT2D eigenvalue weighted by Crippen LogP contribution is 2.25. The number of hydrogen-bond acceptors (Lipinski definition) is 7. The van der Waals surface area contributed by atoms with Crippen LogP contribution in [0, 0.1) is 6.92 Å². The predicted octanol–water partition coefficient (Wildman–Crippen LogP) is 2.04. The Morgan fingerprint density at radius 1 is 1.31 bits per heavy atom. The zero-order chi connectivity index (χ0) is 20.2. The third-order valence-electron chi connectivity index (χ3n) is 4.98. The molecule has 8 nitrogen and oxygen atoms in total. The molecule has 2 aromatic heterocycles. The lowest BCUT2D eigenvalue weighted by molar-refractivity contribution is -0.119. The Morgan fingerprint density at radius 3 is 2.90 bits per heavy atom. The van der Waals surface area contributed by atoms with Gasteiger partial charge < -0.3 is 15.6 Å². The maximum absolute atomic E-state index is 12.4. The molecule has 1 aliphatic heterocycles. The molecule has 1 amide bonds. The van der Waals surface area contributed by atoms with E-state index in [0.29, 0.717) is 11.0 Å². The lowest BCUT2D eigenvalue weighted by atomic mass is 10.2. The first-order valence-corrected chi connectivity index (χ1v) is 10.5. The van der Waals surface area contributed by atoms with Crippen LogP contribution in [0.4, 0.5) is 0 Å². The summed E-state index contributed by atoms with van der Waals surface area (Å²) in [6.07, 6.45) is 2.54. The van der Waals surface area contributed by atoms with E-state index in [1.54, 1.807) is 12.3 Å². The van der Waals surface area contributed by atoms with E-state index < -0.39 is 0 Å². The lowest BCUT2D eigenvalue weighted by Crippen LogP contribution is -2.38. The number of aryl methyl sites for hydroxylation is 1. The minimum absolute atomic E-state index is 0.0226. The van der Waals surface area contributed by atoms with Gasteiger partial charge in [0.2, 0.25) is 11.1 Å². The molecule has 0 radical (unpaired) electrons. The highest BCUT2D eigenvalue weighted by Gasteiger charge is 2.24. The molecule has 4 rings (SSSR count). The van der Waals surface area contributed by atoms with Crippen molar-refractivity contribution in [1.82, 2.24) is 25.1 Å². The van der Waals surface area contributed by atoms with Crippen molar-refractivity contribution in [2.45, 2.75) is 31.1 Å². The van der Waals surface area contributed by atoms with Gasteiger partial charge in [-0.05, 0) is 25.0 Å². The minimum atomic E-state index is -0.0226. The minimum Gasteiger partial charge on any atom is -0.469 e. The van der Waals surface area contributed by atoms with Crippen molar-refractivity contribution in [2.24, 2.45) is 0 Å². The fourth-order valence-electron chi connectivity index (χ4n) is 3.51. The van der Waals surface area contributed by atoms with Crippen LogP contribution in [0.3, 0.4) is 0 Å². The van der Waals surface area contributed by atoms with Gasteiger partial charge in [0.05, 0.1) is 17.6 Å². The molecule has 3 heterocycles. The van der Waals surface area contributed by atoms with Gasteiger partial charge in [-0.15, -0.1) is 10.2 Å². The Balaban J connectivity index is 1.26. The van der Waals surface area contributed by atoms with Gasteiger partial charge in [0.1, 0.15) is 5.76 Å². The van der Waals surface area contributed by atoms with Crippen molar-refractivity contribution in [3.63, 3.8) is 0 Å². The number of furan rings is 1. The maximum atomic E-state index is 12.4. The number of thioether (sulfide) groups is 1. The second kappa shape index (κ2) is 8.71. The summed E-state index contributed by atoms with van der Waals surface area (Å²) in [5.74, 6) is 7.56. The van der Waals surface area contributed by atoms with Crippen molar-refractivity contribution < 1.29 is 9.21 Å². The van der Waals surface area contributed by atoms with E-state index in [4.69, 9.17) is 10.3 Å². The van der Waals surface area contributed by atoms with E-state index >= 15 is 0 Å². The molecule has 1 aromatic carbocycles. The van der Waals surface area contributed by atoms with Crippen LogP contribution < -0.4 is 11.2 Å². The first-order chi connectivity index (χ1) is 14.1. The van der Waals surface area contributed by atoms with E-state index in [-0.39, 0.29) is 17.7 Å². The fraction of sp³-hybridized carbons (Fsp3) is 0.350. The van der Waals surface area contributed by atoms with Gasteiger partial charge in [0, 0.05) is 25.7 Å². The highest BCUT2D eigenvalue weighted by molar-refractivity contribution is 7.99. The number of carbonyl (C=O) groups excluding carboxylic acids is 1. The van der Waals surface area contributed by atoms with Gasteiger partial charge in [-0.25, -0.2) is 4.68 Å². The zero-order valence-corrected chi connectivity index (χ0v) is 17.1. The lowest BCUT2D eigenvalue weighted by Gasteiger charge is -2.16. The predicted molar refractivity (Wildman–Crippen MR) is 112 cm³/mol. The third-order valence-corrected chi connectivity index (χ3v) is 5.93. The first kappa shape index (κ1) is 19.5. The second-order valence-corrected chi connectivity index (χ2v) is 8.07. The molecule has 152 valence electrons. The second-order valence-electron chi connectivity index (χ2n) is 7.13. The van der Waals surface area contributed by atoms with Gasteiger partial charge >= 0.3 is 0 Å². The average molecular weight is 413 g/mol. The molecule has 1 atom stereocenters. The van der Waals surface area contributed by atoms with E-state index in [2.05, 4.69) is 44.7 Å². The topological polar surface area (TPSA) is 102 Å². The highest BCUT2D eigenvalue weighted by atomic mass is 32.2. The molecule has 3 aromatic rings. The Hall–Kier alpha value is -2.78. The van der Waals surface area contributed by atoms with Crippen LogP contribution >= 0.6 is 11.8 Å². The number of rotatable bonds is 7. The van der Waals surface area contributed by atoms with Crippen LogP contribution in [0.5, 0.6) is 0 Å². The summed E-state index contributed by atoms with van der Waals surface area (Å²) in [5, 5.41) is 11.8. The van der Waals surface area contributed by atoms with E-state index in [1.807, 2.05) is 13.0 Å². The molecule has 0 saturated carbocycles. The van der Waals surface area contributed by atoms with Gasteiger partial charge in [0.25, 0.3) is 0 Å². The maximum Gasteiger partial charge on any atom is 0.230 e. The molecule has 29 heavy (non-hydrogen) atoms. The Bertz CT molecular complexity index is 971. The van der Waals surface area contributed by atoms with E-state index in [9.17, 15) is 4.79 Å². The summed E-state index contributed by atoms with van der Waals surface area (Å²) < 4.78 is 6.69. The van der Waals surface area contributed by atoms with Crippen molar-refractivity contribution in [3.8, 4) is 11.4 Å². The monoisotopic (exact) mass is 412 g/mol. The summed E-state index contributed by atoms with van der Waals surface area (Å²) in [5.41, 5.74) is 2.08. The SMILES string of the molecule is Cc1occc1-c1nnc(SCC(=O)NC2CCN(Cc3ccccc3)C2)n1N. The van der Waals surface area contributed by atoms with Gasteiger partial charge in [0.15, 0.2) is 5.82 Å².